The summed E-state index contributed by atoms with van der Waals surface area (Å²) in [5, 5.41) is 34.2. The van der Waals surface area contributed by atoms with E-state index >= 15 is 0 Å². The predicted molar refractivity (Wildman–Crippen MR) is 136 cm³/mol. The number of aliphatic imine (C=N–C) groups is 1. The lowest BCUT2D eigenvalue weighted by Crippen LogP contribution is -2.64. The largest absolute Gasteiger partial charge is 0.388 e. The number of ether oxygens (including phenoxy) is 1. The fourth-order valence-corrected chi connectivity index (χ4v) is 6.41. The van der Waals surface area contributed by atoms with Crippen LogP contribution in [-0.2, 0) is 11.2 Å². The maximum atomic E-state index is 13.5. The smallest absolute Gasteiger partial charge is 0.262 e. The first-order valence-electron chi connectivity index (χ1n) is 12.0. The second-order valence-electron chi connectivity index (χ2n) is 9.79. The Labute approximate surface area is 215 Å². The third-order valence-electron chi connectivity index (χ3n) is 7.91. The number of hydrogen-bond acceptors (Lipinski definition) is 8. The Balaban J connectivity index is 1.59. The van der Waals surface area contributed by atoms with Crippen LogP contribution < -0.4 is 15.5 Å². The molecule has 37 heavy (non-hydrogen) atoms. The van der Waals surface area contributed by atoms with Gasteiger partial charge in [0.15, 0.2) is 6.23 Å². The third kappa shape index (κ3) is 2.82. The molecule has 7 rings (SSSR count). The van der Waals surface area contributed by atoms with Crippen LogP contribution in [0, 0.1) is 0 Å². The lowest BCUT2D eigenvalue weighted by atomic mass is 9.94. The van der Waals surface area contributed by atoms with Gasteiger partial charge in [0.25, 0.3) is 11.8 Å². The van der Waals surface area contributed by atoms with Gasteiger partial charge in [-0.25, -0.2) is 0 Å². The molecule has 190 valence electrons. The Morgan fingerprint density at radius 3 is 2.70 bits per heavy atom. The summed E-state index contributed by atoms with van der Waals surface area (Å²) in [7, 11) is 1.47. The fraction of sp³-hybridized carbons (Fsp3) is 0.346. The lowest BCUT2D eigenvalue weighted by Gasteiger charge is -2.46. The maximum Gasteiger partial charge on any atom is 0.262 e. The monoisotopic (exact) mass is 522 g/mol. The molecule has 2 aromatic rings. The van der Waals surface area contributed by atoms with Gasteiger partial charge < -0.3 is 29.9 Å². The minimum Gasteiger partial charge on any atom is -0.388 e. The highest BCUT2D eigenvalue weighted by atomic mass is 35.5. The van der Waals surface area contributed by atoms with Crippen molar-refractivity contribution in [1.29, 1.82) is 0 Å². The van der Waals surface area contributed by atoms with Crippen molar-refractivity contribution in [2.75, 3.05) is 17.8 Å². The summed E-state index contributed by atoms with van der Waals surface area (Å²) in [6.07, 6.45) is 4.36. The third-order valence-corrected chi connectivity index (χ3v) is 8.21. The zero-order valence-electron chi connectivity index (χ0n) is 19.6. The Morgan fingerprint density at radius 1 is 1.14 bits per heavy atom. The van der Waals surface area contributed by atoms with E-state index in [1.165, 1.54) is 7.05 Å². The molecule has 11 heteroatoms. The maximum absolute atomic E-state index is 13.5. The molecule has 0 bridgehead atoms. The molecule has 10 nitrogen and oxygen atoms in total. The minimum atomic E-state index is -1.52. The van der Waals surface area contributed by atoms with Crippen molar-refractivity contribution < 1.29 is 29.6 Å². The van der Waals surface area contributed by atoms with Gasteiger partial charge in [-0.1, -0.05) is 18.2 Å². The summed E-state index contributed by atoms with van der Waals surface area (Å²) in [6.45, 7) is 0. The van der Waals surface area contributed by atoms with Crippen molar-refractivity contribution in [2.45, 2.75) is 43.2 Å². The summed E-state index contributed by atoms with van der Waals surface area (Å²) in [4.78, 5) is 37.9. The summed E-state index contributed by atoms with van der Waals surface area (Å²) < 4.78 is 6.09. The molecule has 0 spiro atoms. The van der Waals surface area contributed by atoms with Gasteiger partial charge in [-0.15, -0.1) is 11.6 Å². The van der Waals surface area contributed by atoms with Gasteiger partial charge in [-0.2, -0.15) is 0 Å². The highest BCUT2D eigenvalue weighted by Crippen LogP contribution is 2.42. The van der Waals surface area contributed by atoms with Crippen LogP contribution in [0.25, 0.3) is 22.6 Å². The Kier molecular flexibility index (Phi) is 4.86. The fourth-order valence-electron chi connectivity index (χ4n) is 6.16. The number of fused-ring (bicyclic) bond motifs is 9. The Morgan fingerprint density at radius 2 is 1.92 bits per heavy atom. The first-order chi connectivity index (χ1) is 17.8. The van der Waals surface area contributed by atoms with Crippen LogP contribution in [-0.4, -0.2) is 93.0 Å². The topological polar surface area (TPSA) is 139 Å². The molecule has 0 radical (unpaired) electrons. The molecule has 1 fully saturated rings. The van der Waals surface area contributed by atoms with Gasteiger partial charge in [-0.3, -0.25) is 19.5 Å². The van der Waals surface area contributed by atoms with Crippen molar-refractivity contribution in [3.63, 3.8) is 0 Å². The van der Waals surface area contributed by atoms with Gasteiger partial charge in [0, 0.05) is 34.8 Å². The average Bonchev–Trinajstić information content (AvgIpc) is 3.53. The van der Waals surface area contributed by atoms with Crippen LogP contribution in [0.4, 0.5) is 5.69 Å². The number of aromatic amines is 1. The number of halogens is 1. The number of allylic oxidation sites excluding steroid dienone is 3. The van der Waals surface area contributed by atoms with Crippen molar-refractivity contribution in [1.82, 2.24) is 9.88 Å². The zero-order chi connectivity index (χ0) is 25.7. The highest BCUT2D eigenvalue weighted by Gasteiger charge is 2.51. The lowest BCUT2D eigenvalue weighted by molar-refractivity contribution is -0.216. The van der Waals surface area contributed by atoms with E-state index in [9.17, 15) is 24.9 Å². The average molecular weight is 523 g/mol. The molecule has 5 aliphatic rings. The van der Waals surface area contributed by atoms with Gasteiger partial charge in [0.1, 0.15) is 30.6 Å². The van der Waals surface area contributed by atoms with Crippen molar-refractivity contribution in [3.05, 3.63) is 51.6 Å². The quantitative estimate of drug-likeness (QED) is 0.301. The number of nitrogens with zero attached hydrogens (tertiary/aromatic N) is 3. The SMILES string of the molecule is CN1C(=O)c2c(c3c4c([nH]c3c3c2=C2C=CC=NC2N3[C@@H]2O[C@H](CCl)[C@@H](O)[C@H](O)[C@H]2O)=CC=CC4)C1=O. The number of rotatable bonds is 2. The number of carbonyl (C=O) groups is 2. The number of imide groups is 1. The summed E-state index contributed by atoms with van der Waals surface area (Å²) >= 11 is 6.04. The van der Waals surface area contributed by atoms with Crippen molar-refractivity contribution >= 4 is 57.9 Å². The van der Waals surface area contributed by atoms with E-state index in [0.29, 0.717) is 39.4 Å². The second kappa shape index (κ2) is 7.86. The molecule has 6 atom stereocenters. The molecule has 1 aromatic heterocycles. The van der Waals surface area contributed by atoms with Gasteiger partial charge in [0.05, 0.1) is 28.2 Å². The molecule has 1 saturated heterocycles. The van der Waals surface area contributed by atoms with Gasteiger partial charge in [0.2, 0.25) is 0 Å². The number of aliphatic hydroxyl groups excluding tert-OH is 3. The number of nitrogens with one attached hydrogen (secondary N) is 1. The number of anilines is 1. The standard InChI is InChI=1S/C26H23ClN4O6/c1-30-24(35)16-14-10-5-2-3-7-12(10)29-18(14)19-15(17(16)25(30)36)11-6-4-8-28-23(11)31(19)26-22(34)21(33)20(32)13(9-27)37-26/h2-4,6-8,13,20-23,26,29,32-34H,5,9H2,1H3/t13-,20-,21+,22-,23?,26-/m1/s1. The number of aliphatic hydroxyl groups is 3. The molecule has 0 saturated carbocycles. The first-order valence-corrected chi connectivity index (χ1v) is 12.6. The first kappa shape index (κ1) is 22.9. The number of carbonyl (C=O) groups excluding carboxylic acids is 2. The van der Waals surface area contributed by atoms with Crippen molar-refractivity contribution in [3.8, 4) is 0 Å². The second-order valence-corrected chi connectivity index (χ2v) is 10.1. The normalized spacial score (nSPS) is 31.6. The number of hydrogen-bond donors (Lipinski definition) is 4. The van der Waals surface area contributed by atoms with Crippen LogP contribution in [0.2, 0.25) is 0 Å². The molecule has 5 heterocycles. The van der Waals surface area contributed by atoms with E-state index in [2.05, 4.69) is 9.98 Å². The number of H-pyrrole nitrogens is 1. The molecule has 4 N–H and O–H groups in total. The van der Waals surface area contributed by atoms with Gasteiger partial charge >= 0.3 is 0 Å². The Bertz CT molecular complexity index is 1620. The number of alkyl halides is 1. The molecule has 2 amide bonds. The van der Waals surface area contributed by atoms with Crippen LogP contribution in [0.3, 0.4) is 0 Å². The number of benzene rings is 1. The van der Waals surface area contributed by atoms with E-state index in [-0.39, 0.29) is 17.4 Å². The highest BCUT2D eigenvalue weighted by molar-refractivity contribution is 6.29. The van der Waals surface area contributed by atoms with E-state index in [0.717, 1.165) is 15.8 Å². The number of amides is 2. The molecule has 1 unspecified atom stereocenters. The molecule has 1 aromatic carbocycles. The van der Waals surface area contributed by atoms with E-state index in [1.807, 2.05) is 24.3 Å². The molecular formula is C26H23ClN4O6. The zero-order valence-corrected chi connectivity index (χ0v) is 20.4. The summed E-state index contributed by atoms with van der Waals surface area (Å²) in [6, 6.07) is 0. The predicted octanol–water partition coefficient (Wildman–Crippen LogP) is -0.730. The molecular weight excluding hydrogens is 500 g/mol. The minimum absolute atomic E-state index is 0.110. The van der Waals surface area contributed by atoms with Crippen LogP contribution >= 0.6 is 11.6 Å². The van der Waals surface area contributed by atoms with Gasteiger partial charge in [-0.05, 0) is 24.1 Å². The van der Waals surface area contributed by atoms with E-state index < -0.39 is 42.7 Å². The number of aromatic nitrogens is 1. The number of dihydropyridines is 1. The van der Waals surface area contributed by atoms with E-state index in [4.69, 9.17) is 16.3 Å². The summed E-state index contributed by atoms with van der Waals surface area (Å²) in [5.41, 5.74) is 3.34. The summed E-state index contributed by atoms with van der Waals surface area (Å²) in [5.74, 6) is -0.905. The van der Waals surface area contributed by atoms with Crippen LogP contribution in [0.15, 0.2) is 29.3 Å². The van der Waals surface area contributed by atoms with E-state index in [1.54, 1.807) is 17.2 Å². The van der Waals surface area contributed by atoms with Crippen LogP contribution in [0.1, 0.15) is 26.3 Å². The van der Waals surface area contributed by atoms with Crippen LogP contribution in [0.5, 0.6) is 0 Å². The Hall–Kier alpha value is -3.28. The molecule has 4 aliphatic heterocycles. The van der Waals surface area contributed by atoms with Crippen molar-refractivity contribution in [2.24, 2.45) is 4.99 Å². The molecule has 1 aliphatic carbocycles.